The Morgan fingerprint density at radius 1 is 1.42 bits per heavy atom. The van der Waals surface area contributed by atoms with Crippen molar-refractivity contribution < 1.29 is 5.11 Å². The van der Waals surface area contributed by atoms with E-state index in [1.54, 1.807) is 0 Å². The highest BCUT2D eigenvalue weighted by molar-refractivity contribution is 5.07. The van der Waals surface area contributed by atoms with Crippen LogP contribution in [0.4, 0.5) is 0 Å². The predicted octanol–water partition coefficient (Wildman–Crippen LogP) is 1.90. The molecule has 19 heavy (non-hydrogen) atoms. The van der Waals surface area contributed by atoms with E-state index in [1.165, 1.54) is 25.7 Å². The smallest absolute Gasteiger partial charge is 0.111 e. The molecule has 0 radical (unpaired) electrons. The molecular weight excluding hydrogens is 238 g/mol. The van der Waals surface area contributed by atoms with Crippen molar-refractivity contribution in [3.63, 3.8) is 0 Å². The Bertz CT molecular complexity index is 434. The Morgan fingerprint density at radius 3 is 2.68 bits per heavy atom. The van der Waals surface area contributed by atoms with Gasteiger partial charge in [0.25, 0.3) is 0 Å². The molecule has 0 spiro atoms. The summed E-state index contributed by atoms with van der Waals surface area (Å²) in [4.78, 5) is 4.46. The van der Waals surface area contributed by atoms with Crippen molar-refractivity contribution in [3.8, 4) is 0 Å². The second-order valence-corrected chi connectivity index (χ2v) is 6.58. The van der Waals surface area contributed by atoms with Crippen molar-refractivity contribution in [2.45, 2.75) is 63.6 Å². The maximum Gasteiger partial charge on any atom is 0.111 e. The number of aromatic nitrogens is 2. The molecule has 0 bridgehead atoms. The fourth-order valence-electron chi connectivity index (χ4n) is 3.05. The van der Waals surface area contributed by atoms with Gasteiger partial charge in [0.2, 0.25) is 0 Å². The van der Waals surface area contributed by atoms with E-state index in [0.29, 0.717) is 17.9 Å². The summed E-state index contributed by atoms with van der Waals surface area (Å²) in [5.74, 6) is 2.17. The average Bonchev–Trinajstić information content (AvgIpc) is 3.28. The predicted molar refractivity (Wildman–Crippen MR) is 75.0 cm³/mol. The lowest BCUT2D eigenvalue weighted by Crippen LogP contribution is -2.54. The molecule has 2 aliphatic rings. The quantitative estimate of drug-likeness (QED) is 0.790. The highest BCUT2D eigenvalue weighted by atomic mass is 16.3. The van der Waals surface area contributed by atoms with E-state index < -0.39 is 0 Å². The fourth-order valence-corrected chi connectivity index (χ4v) is 3.05. The molecule has 4 nitrogen and oxygen atoms in total. The molecular formula is C15H25N3O. The van der Waals surface area contributed by atoms with Gasteiger partial charge in [-0.2, -0.15) is 0 Å². The molecule has 0 saturated heterocycles. The van der Waals surface area contributed by atoms with Gasteiger partial charge in [0.05, 0.1) is 12.1 Å². The zero-order chi connectivity index (χ0) is 13.5. The Hall–Kier alpha value is -0.870. The van der Waals surface area contributed by atoms with E-state index in [4.69, 9.17) is 0 Å². The zero-order valence-corrected chi connectivity index (χ0v) is 12.0. The number of aliphatic hydroxyl groups excluding tert-OH is 1. The first-order chi connectivity index (χ1) is 9.14. The molecule has 1 unspecified atom stereocenters. The van der Waals surface area contributed by atoms with Gasteiger partial charge in [-0.1, -0.05) is 13.8 Å². The summed E-state index contributed by atoms with van der Waals surface area (Å²) >= 11 is 0. The normalized spacial score (nSPS) is 22.7. The Labute approximate surface area is 115 Å². The highest BCUT2D eigenvalue weighted by Gasteiger charge is 2.47. The molecule has 2 N–H and O–H groups in total. The largest absolute Gasteiger partial charge is 0.394 e. The fraction of sp³-hybridized carbons (Fsp3) is 0.800. The van der Waals surface area contributed by atoms with Gasteiger partial charge in [-0.05, 0) is 31.6 Å². The Kier molecular flexibility index (Phi) is 3.39. The van der Waals surface area contributed by atoms with Gasteiger partial charge in [0.1, 0.15) is 5.82 Å². The summed E-state index contributed by atoms with van der Waals surface area (Å²) in [7, 11) is 0. The van der Waals surface area contributed by atoms with Crippen LogP contribution in [0.3, 0.4) is 0 Å². The van der Waals surface area contributed by atoms with Crippen LogP contribution in [0.25, 0.3) is 0 Å². The lowest BCUT2D eigenvalue weighted by atomic mass is 9.93. The molecule has 0 aliphatic heterocycles. The first-order valence-electron chi connectivity index (χ1n) is 7.54. The van der Waals surface area contributed by atoms with Gasteiger partial charge in [-0.3, -0.25) is 0 Å². The summed E-state index contributed by atoms with van der Waals surface area (Å²) in [6.45, 7) is 5.41. The Balaban J connectivity index is 1.81. The topological polar surface area (TPSA) is 50.1 Å². The van der Waals surface area contributed by atoms with E-state index in [2.05, 4.69) is 34.9 Å². The lowest BCUT2D eigenvalue weighted by molar-refractivity contribution is 0.119. The molecule has 1 aromatic rings. The summed E-state index contributed by atoms with van der Waals surface area (Å²) in [5, 5.41) is 13.7. The minimum absolute atomic E-state index is 0.133. The minimum atomic E-state index is -0.133. The molecule has 2 saturated carbocycles. The number of imidazole rings is 1. The molecule has 2 fully saturated rings. The van der Waals surface area contributed by atoms with Crippen molar-refractivity contribution in [3.05, 3.63) is 18.2 Å². The number of rotatable bonds is 7. The molecule has 4 heteroatoms. The minimum Gasteiger partial charge on any atom is -0.394 e. The Morgan fingerprint density at radius 2 is 2.16 bits per heavy atom. The maximum atomic E-state index is 10.00. The molecule has 0 aromatic carbocycles. The second-order valence-electron chi connectivity index (χ2n) is 6.58. The van der Waals surface area contributed by atoms with Gasteiger partial charge in [0, 0.05) is 30.9 Å². The molecule has 1 heterocycles. The second kappa shape index (κ2) is 4.91. The van der Waals surface area contributed by atoms with Crippen molar-refractivity contribution in [2.24, 2.45) is 5.92 Å². The highest BCUT2D eigenvalue weighted by Crippen LogP contribution is 2.42. The van der Waals surface area contributed by atoms with Gasteiger partial charge in [-0.25, -0.2) is 4.98 Å². The van der Waals surface area contributed by atoms with Gasteiger partial charge in [0.15, 0.2) is 0 Å². The van der Waals surface area contributed by atoms with Crippen molar-refractivity contribution >= 4 is 0 Å². The number of hydrogen-bond acceptors (Lipinski definition) is 3. The molecule has 0 amide bonds. The molecule has 106 valence electrons. The molecule has 2 aliphatic carbocycles. The van der Waals surface area contributed by atoms with Crippen molar-refractivity contribution in [1.29, 1.82) is 0 Å². The van der Waals surface area contributed by atoms with Crippen LogP contribution < -0.4 is 5.32 Å². The number of hydrogen-bond donors (Lipinski definition) is 2. The van der Waals surface area contributed by atoms with Crippen molar-refractivity contribution in [1.82, 2.24) is 14.9 Å². The summed E-state index contributed by atoms with van der Waals surface area (Å²) in [6.07, 6.45) is 8.93. The van der Waals surface area contributed by atoms with Crippen LogP contribution in [-0.4, -0.2) is 32.8 Å². The number of nitrogens with zero attached hydrogens (tertiary/aromatic N) is 2. The third kappa shape index (κ3) is 2.70. The third-order valence-electron chi connectivity index (χ3n) is 4.43. The lowest BCUT2D eigenvalue weighted by Gasteiger charge is -2.35. The number of aliphatic hydroxyl groups is 1. The van der Waals surface area contributed by atoms with Gasteiger partial charge < -0.3 is 15.0 Å². The van der Waals surface area contributed by atoms with E-state index in [-0.39, 0.29) is 12.1 Å². The average molecular weight is 263 g/mol. The zero-order valence-electron chi connectivity index (χ0n) is 12.0. The summed E-state index contributed by atoms with van der Waals surface area (Å²) in [6, 6.07) is 0.624. The summed E-state index contributed by atoms with van der Waals surface area (Å²) in [5.41, 5.74) is -0.133. The van der Waals surface area contributed by atoms with Crippen LogP contribution >= 0.6 is 0 Å². The van der Waals surface area contributed by atoms with E-state index in [0.717, 1.165) is 12.4 Å². The van der Waals surface area contributed by atoms with Crippen LogP contribution in [0.15, 0.2) is 12.4 Å². The first-order valence-corrected chi connectivity index (χ1v) is 7.54. The van der Waals surface area contributed by atoms with Crippen LogP contribution in [0, 0.1) is 5.92 Å². The van der Waals surface area contributed by atoms with Crippen molar-refractivity contribution in [2.75, 3.05) is 6.61 Å². The van der Waals surface area contributed by atoms with E-state index >= 15 is 0 Å². The van der Waals surface area contributed by atoms with Crippen LogP contribution in [0.1, 0.15) is 51.3 Å². The molecule has 1 aromatic heterocycles. The van der Waals surface area contributed by atoms with Crippen LogP contribution in [0.2, 0.25) is 0 Å². The standard InChI is InChI=1S/C15H25N3O/c1-11(2)14-16-7-8-18(14)9-15(10-19,12-3-4-12)17-13-5-6-13/h7-8,11-13,17,19H,3-6,9-10H2,1-2H3. The SMILES string of the molecule is CC(C)c1nccn1CC(CO)(NC1CC1)C1CC1. The first kappa shape index (κ1) is 13.1. The maximum absolute atomic E-state index is 10.00. The monoisotopic (exact) mass is 263 g/mol. The third-order valence-corrected chi connectivity index (χ3v) is 4.43. The van der Waals surface area contributed by atoms with Gasteiger partial charge >= 0.3 is 0 Å². The van der Waals surface area contributed by atoms with E-state index in [9.17, 15) is 5.11 Å². The molecule has 1 atom stereocenters. The van der Waals surface area contributed by atoms with Crippen LogP contribution in [0.5, 0.6) is 0 Å². The van der Waals surface area contributed by atoms with Crippen LogP contribution in [-0.2, 0) is 6.54 Å². The number of nitrogens with one attached hydrogen (secondary N) is 1. The van der Waals surface area contributed by atoms with Gasteiger partial charge in [-0.15, -0.1) is 0 Å². The van der Waals surface area contributed by atoms with E-state index in [1.807, 2.05) is 6.20 Å². The summed E-state index contributed by atoms with van der Waals surface area (Å²) < 4.78 is 2.23. The molecule has 3 rings (SSSR count).